The Morgan fingerprint density at radius 3 is 2.19 bits per heavy atom. The number of rotatable bonds is 5. The van der Waals surface area contributed by atoms with E-state index in [9.17, 15) is 8.42 Å². The number of anilines is 1. The molecule has 0 aliphatic heterocycles. The average molecular weight is 242 g/mol. The third kappa shape index (κ3) is 3.21. The Kier molecular flexibility index (Phi) is 4.32. The van der Waals surface area contributed by atoms with Gasteiger partial charge in [0.2, 0.25) is 10.0 Å². The first-order valence-electron chi connectivity index (χ1n) is 5.25. The minimum Gasteiger partial charge on any atom is -0.326 e. The molecule has 16 heavy (non-hydrogen) atoms. The summed E-state index contributed by atoms with van der Waals surface area (Å²) >= 11 is 0. The monoisotopic (exact) mass is 242 g/mol. The largest absolute Gasteiger partial charge is 0.326 e. The number of nitrogens with zero attached hydrogens (tertiary/aromatic N) is 1. The van der Waals surface area contributed by atoms with Gasteiger partial charge < -0.3 is 5.73 Å². The standard InChI is InChI=1S/C11H18N2O2S/c1-3-8-13(16(2,14)15)11-6-4-10(9-12)5-7-11/h4-7H,3,8-9,12H2,1-2H3. The molecule has 0 aliphatic carbocycles. The molecule has 0 heterocycles. The molecule has 2 N–H and O–H groups in total. The van der Waals surface area contributed by atoms with Crippen LogP contribution in [0.2, 0.25) is 0 Å². The highest BCUT2D eigenvalue weighted by Crippen LogP contribution is 2.18. The summed E-state index contributed by atoms with van der Waals surface area (Å²) in [6.45, 7) is 2.92. The van der Waals surface area contributed by atoms with E-state index in [1.807, 2.05) is 19.1 Å². The van der Waals surface area contributed by atoms with Crippen LogP contribution in [0.4, 0.5) is 5.69 Å². The van der Waals surface area contributed by atoms with Crippen molar-refractivity contribution in [2.45, 2.75) is 19.9 Å². The Balaban J connectivity index is 3.02. The third-order valence-corrected chi connectivity index (χ3v) is 3.48. The van der Waals surface area contributed by atoms with Crippen molar-refractivity contribution < 1.29 is 8.42 Å². The van der Waals surface area contributed by atoms with Gasteiger partial charge in [0.15, 0.2) is 0 Å². The number of sulfonamides is 1. The Morgan fingerprint density at radius 2 is 1.81 bits per heavy atom. The van der Waals surface area contributed by atoms with Crippen LogP contribution in [-0.4, -0.2) is 21.2 Å². The fraction of sp³-hybridized carbons (Fsp3) is 0.455. The van der Waals surface area contributed by atoms with E-state index < -0.39 is 10.0 Å². The molecule has 0 saturated carbocycles. The molecule has 90 valence electrons. The average Bonchev–Trinajstić information content (AvgIpc) is 2.25. The number of nitrogens with two attached hydrogens (primary N) is 1. The first kappa shape index (κ1) is 13.0. The lowest BCUT2D eigenvalue weighted by Crippen LogP contribution is -2.30. The molecule has 1 aromatic rings. The predicted molar refractivity (Wildman–Crippen MR) is 66.8 cm³/mol. The summed E-state index contributed by atoms with van der Waals surface area (Å²) in [4.78, 5) is 0. The Bertz CT molecular complexity index is 426. The van der Waals surface area contributed by atoms with Gasteiger partial charge in [-0.3, -0.25) is 4.31 Å². The minimum absolute atomic E-state index is 0.465. The molecule has 0 radical (unpaired) electrons. The van der Waals surface area contributed by atoms with Crippen molar-refractivity contribution in [2.24, 2.45) is 5.73 Å². The lowest BCUT2D eigenvalue weighted by Gasteiger charge is -2.21. The second-order valence-corrected chi connectivity index (χ2v) is 5.61. The van der Waals surface area contributed by atoms with Crippen molar-refractivity contribution in [1.29, 1.82) is 0 Å². The molecule has 4 nitrogen and oxygen atoms in total. The fourth-order valence-corrected chi connectivity index (χ4v) is 2.51. The molecular weight excluding hydrogens is 224 g/mol. The van der Waals surface area contributed by atoms with Gasteiger partial charge in [0, 0.05) is 13.1 Å². The molecule has 1 aromatic carbocycles. The van der Waals surface area contributed by atoms with Gasteiger partial charge in [-0.1, -0.05) is 19.1 Å². The first-order valence-corrected chi connectivity index (χ1v) is 7.10. The molecule has 0 bridgehead atoms. The zero-order chi connectivity index (χ0) is 12.2. The van der Waals surface area contributed by atoms with Crippen molar-refractivity contribution in [3.63, 3.8) is 0 Å². The van der Waals surface area contributed by atoms with Crippen LogP contribution in [0.1, 0.15) is 18.9 Å². The minimum atomic E-state index is -3.20. The molecular formula is C11H18N2O2S. The van der Waals surface area contributed by atoms with Gasteiger partial charge >= 0.3 is 0 Å². The van der Waals surface area contributed by atoms with E-state index in [-0.39, 0.29) is 0 Å². The lowest BCUT2D eigenvalue weighted by atomic mass is 10.2. The summed E-state index contributed by atoms with van der Waals surface area (Å²) in [5.41, 5.74) is 7.18. The van der Waals surface area contributed by atoms with Crippen LogP contribution < -0.4 is 10.0 Å². The van der Waals surface area contributed by atoms with Gasteiger partial charge in [0.05, 0.1) is 11.9 Å². The van der Waals surface area contributed by atoms with Crippen molar-refractivity contribution >= 4 is 15.7 Å². The maximum atomic E-state index is 11.6. The molecule has 5 heteroatoms. The van der Waals surface area contributed by atoms with Crippen LogP contribution in [0.25, 0.3) is 0 Å². The Hall–Kier alpha value is -1.07. The zero-order valence-electron chi connectivity index (χ0n) is 9.68. The Morgan fingerprint density at radius 1 is 1.25 bits per heavy atom. The SMILES string of the molecule is CCCN(c1ccc(CN)cc1)S(C)(=O)=O. The summed E-state index contributed by atoms with van der Waals surface area (Å²) in [5.74, 6) is 0. The molecule has 1 rings (SSSR count). The topological polar surface area (TPSA) is 63.4 Å². The van der Waals surface area contributed by atoms with Crippen molar-refractivity contribution in [3.05, 3.63) is 29.8 Å². The maximum absolute atomic E-state index is 11.6. The van der Waals surface area contributed by atoms with Crippen LogP contribution in [0.15, 0.2) is 24.3 Å². The summed E-state index contributed by atoms with van der Waals surface area (Å²) in [6.07, 6.45) is 2.01. The molecule has 0 fully saturated rings. The second kappa shape index (κ2) is 5.32. The van der Waals surface area contributed by atoms with Crippen molar-refractivity contribution in [2.75, 3.05) is 17.1 Å². The second-order valence-electron chi connectivity index (χ2n) is 3.71. The van der Waals surface area contributed by atoms with Crippen LogP contribution in [0, 0.1) is 0 Å². The van der Waals surface area contributed by atoms with E-state index in [1.165, 1.54) is 10.6 Å². The van der Waals surface area contributed by atoms with E-state index in [2.05, 4.69) is 0 Å². The summed E-state index contributed by atoms with van der Waals surface area (Å²) < 4.78 is 24.6. The molecule has 0 unspecified atom stereocenters. The number of benzene rings is 1. The molecule has 0 saturated heterocycles. The van der Waals surface area contributed by atoms with Gasteiger partial charge in [-0.15, -0.1) is 0 Å². The van der Waals surface area contributed by atoms with E-state index in [0.717, 1.165) is 12.0 Å². The van der Waals surface area contributed by atoms with E-state index in [0.29, 0.717) is 18.8 Å². The zero-order valence-corrected chi connectivity index (χ0v) is 10.5. The molecule has 0 aromatic heterocycles. The highest BCUT2D eigenvalue weighted by molar-refractivity contribution is 7.92. The number of hydrogen-bond donors (Lipinski definition) is 1. The molecule has 0 aliphatic rings. The van der Waals surface area contributed by atoms with Gasteiger partial charge in [0.1, 0.15) is 0 Å². The molecule has 0 amide bonds. The van der Waals surface area contributed by atoms with Crippen LogP contribution in [0.3, 0.4) is 0 Å². The first-order chi connectivity index (χ1) is 7.49. The molecule has 0 atom stereocenters. The van der Waals surface area contributed by atoms with Crippen LogP contribution in [-0.2, 0) is 16.6 Å². The van der Waals surface area contributed by atoms with Crippen molar-refractivity contribution in [1.82, 2.24) is 0 Å². The van der Waals surface area contributed by atoms with Crippen LogP contribution in [0.5, 0.6) is 0 Å². The Labute approximate surface area is 97.1 Å². The quantitative estimate of drug-likeness (QED) is 0.847. The normalized spacial score (nSPS) is 11.4. The molecule has 0 spiro atoms. The van der Waals surface area contributed by atoms with Gasteiger partial charge in [-0.25, -0.2) is 8.42 Å². The van der Waals surface area contributed by atoms with E-state index in [4.69, 9.17) is 5.73 Å². The van der Waals surface area contributed by atoms with E-state index >= 15 is 0 Å². The fourth-order valence-electron chi connectivity index (χ4n) is 1.49. The highest BCUT2D eigenvalue weighted by atomic mass is 32.2. The number of hydrogen-bond acceptors (Lipinski definition) is 3. The summed E-state index contributed by atoms with van der Waals surface area (Å²) in [6, 6.07) is 7.28. The summed E-state index contributed by atoms with van der Waals surface area (Å²) in [7, 11) is -3.20. The van der Waals surface area contributed by atoms with Crippen LogP contribution >= 0.6 is 0 Å². The third-order valence-electron chi connectivity index (χ3n) is 2.29. The van der Waals surface area contributed by atoms with Gasteiger partial charge in [0.25, 0.3) is 0 Å². The smallest absolute Gasteiger partial charge is 0.232 e. The predicted octanol–water partition coefficient (Wildman–Crippen LogP) is 1.32. The van der Waals surface area contributed by atoms with Gasteiger partial charge in [-0.05, 0) is 24.1 Å². The van der Waals surface area contributed by atoms with E-state index in [1.54, 1.807) is 12.1 Å². The lowest BCUT2D eigenvalue weighted by molar-refractivity contribution is 0.596. The highest BCUT2D eigenvalue weighted by Gasteiger charge is 2.15. The summed E-state index contributed by atoms with van der Waals surface area (Å²) in [5, 5.41) is 0. The van der Waals surface area contributed by atoms with Gasteiger partial charge in [-0.2, -0.15) is 0 Å². The van der Waals surface area contributed by atoms with Crippen molar-refractivity contribution in [3.8, 4) is 0 Å². The maximum Gasteiger partial charge on any atom is 0.232 e.